The van der Waals surface area contributed by atoms with E-state index in [4.69, 9.17) is 6.42 Å². The van der Waals surface area contributed by atoms with E-state index >= 15 is 0 Å². The predicted molar refractivity (Wildman–Crippen MR) is 49.1 cm³/mol. The zero-order chi connectivity index (χ0) is 9.84. The van der Waals surface area contributed by atoms with Crippen molar-refractivity contribution in [2.24, 2.45) is 7.05 Å². The fourth-order valence-corrected chi connectivity index (χ4v) is 0.893. The van der Waals surface area contributed by atoms with Gasteiger partial charge in [-0.05, 0) is 13.0 Å². The largest absolute Gasteiger partial charge is 0.340 e. The van der Waals surface area contributed by atoms with E-state index in [2.05, 4.69) is 16.3 Å². The van der Waals surface area contributed by atoms with Crippen LogP contribution in [-0.4, -0.2) is 22.2 Å². The Morgan fingerprint density at radius 2 is 2.54 bits per heavy atom. The molecule has 0 unspecified atom stereocenters. The summed E-state index contributed by atoms with van der Waals surface area (Å²) in [6, 6.07) is 1.71. The Morgan fingerprint density at radius 1 is 1.85 bits per heavy atom. The highest BCUT2D eigenvalue weighted by Gasteiger charge is 2.08. The van der Waals surface area contributed by atoms with Crippen molar-refractivity contribution in [3.05, 3.63) is 17.5 Å². The van der Waals surface area contributed by atoms with Crippen LogP contribution in [0.5, 0.6) is 0 Å². The molecule has 0 aliphatic carbocycles. The van der Waals surface area contributed by atoms with Crippen LogP contribution in [0.2, 0.25) is 0 Å². The molecule has 0 spiro atoms. The van der Waals surface area contributed by atoms with Gasteiger partial charge in [-0.15, -0.1) is 6.42 Å². The van der Waals surface area contributed by atoms with Gasteiger partial charge in [0.25, 0.3) is 5.91 Å². The van der Waals surface area contributed by atoms with Crippen LogP contribution in [0, 0.1) is 19.3 Å². The van der Waals surface area contributed by atoms with Crippen molar-refractivity contribution in [1.29, 1.82) is 0 Å². The van der Waals surface area contributed by atoms with Crippen molar-refractivity contribution in [3.8, 4) is 12.3 Å². The van der Waals surface area contributed by atoms with Crippen molar-refractivity contribution < 1.29 is 4.79 Å². The van der Waals surface area contributed by atoms with Crippen molar-refractivity contribution in [1.82, 2.24) is 15.1 Å². The molecular weight excluding hydrogens is 166 g/mol. The van der Waals surface area contributed by atoms with Crippen molar-refractivity contribution in [2.45, 2.75) is 6.92 Å². The average Bonchev–Trinajstić information content (AvgIpc) is 2.43. The van der Waals surface area contributed by atoms with Gasteiger partial charge in [-0.2, -0.15) is 5.10 Å². The quantitative estimate of drug-likeness (QED) is 0.651. The second kappa shape index (κ2) is 3.76. The molecule has 0 aromatic carbocycles. The number of terminal acetylenes is 1. The smallest absolute Gasteiger partial charge is 0.272 e. The van der Waals surface area contributed by atoms with Gasteiger partial charge in [-0.3, -0.25) is 9.48 Å². The van der Waals surface area contributed by atoms with Crippen LogP contribution in [0.4, 0.5) is 0 Å². The zero-order valence-electron chi connectivity index (χ0n) is 7.66. The van der Waals surface area contributed by atoms with Crippen molar-refractivity contribution in [3.63, 3.8) is 0 Å². The average molecular weight is 177 g/mol. The van der Waals surface area contributed by atoms with Gasteiger partial charge >= 0.3 is 0 Å². The van der Waals surface area contributed by atoms with Crippen molar-refractivity contribution >= 4 is 5.91 Å². The molecule has 1 N–H and O–H groups in total. The Bertz CT molecular complexity index is 340. The molecule has 0 bridgehead atoms. The molecule has 1 heterocycles. The Kier molecular flexibility index (Phi) is 2.70. The standard InChI is InChI=1S/C9H11N3O/c1-4-5-10-9(13)8-6-7(2)12(3)11-8/h1,6H,5H2,2-3H3,(H,10,13). The molecule has 0 radical (unpaired) electrons. The molecular formula is C9H11N3O. The van der Waals surface area contributed by atoms with Gasteiger partial charge in [0.2, 0.25) is 0 Å². The third-order valence-electron chi connectivity index (χ3n) is 1.70. The minimum absolute atomic E-state index is 0.231. The summed E-state index contributed by atoms with van der Waals surface area (Å²) in [7, 11) is 1.79. The first-order chi connectivity index (χ1) is 6.15. The van der Waals surface area contributed by atoms with E-state index in [0.717, 1.165) is 5.69 Å². The third kappa shape index (κ3) is 2.09. The van der Waals surface area contributed by atoms with Crippen LogP contribution >= 0.6 is 0 Å². The third-order valence-corrected chi connectivity index (χ3v) is 1.70. The number of aryl methyl sites for hydroxylation is 2. The fraction of sp³-hybridized carbons (Fsp3) is 0.333. The van der Waals surface area contributed by atoms with Crippen LogP contribution in [0.3, 0.4) is 0 Å². The van der Waals surface area contributed by atoms with Crippen LogP contribution in [0.1, 0.15) is 16.2 Å². The number of amides is 1. The summed E-state index contributed by atoms with van der Waals surface area (Å²) in [5.74, 6) is 2.09. The van der Waals surface area contributed by atoms with Crippen LogP contribution in [0.15, 0.2) is 6.07 Å². The number of nitrogens with one attached hydrogen (secondary N) is 1. The lowest BCUT2D eigenvalue weighted by atomic mass is 10.3. The Balaban J connectivity index is 2.73. The second-order valence-electron chi connectivity index (χ2n) is 2.68. The maximum Gasteiger partial charge on any atom is 0.272 e. The molecule has 0 aliphatic rings. The van der Waals surface area contributed by atoms with Gasteiger partial charge in [0.15, 0.2) is 0 Å². The summed E-state index contributed by atoms with van der Waals surface area (Å²) in [5, 5.41) is 6.54. The first-order valence-corrected chi connectivity index (χ1v) is 3.87. The van der Waals surface area contributed by atoms with Gasteiger partial charge in [-0.1, -0.05) is 5.92 Å². The number of rotatable bonds is 2. The normalized spacial score (nSPS) is 9.31. The van der Waals surface area contributed by atoms with Gasteiger partial charge in [0.05, 0.1) is 6.54 Å². The van der Waals surface area contributed by atoms with Gasteiger partial charge in [0, 0.05) is 12.7 Å². The second-order valence-corrected chi connectivity index (χ2v) is 2.68. The molecule has 0 saturated carbocycles. The minimum atomic E-state index is -0.235. The van der Waals surface area contributed by atoms with Gasteiger partial charge < -0.3 is 5.32 Å². The number of carbonyl (C=O) groups excluding carboxylic acids is 1. The molecule has 4 nitrogen and oxygen atoms in total. The number of nitrogens with zero attached hydrogens (tertiary/aromatic N) is 2. The highest BCUT2D eigenvalue weighted by molar-refractivity contribution is 5.92. The van der Waals surface area contributed by atoms with Crippen LogP contribution < -0.4 is 5.32 Å². The molecule has 4 heteroatoms. The summed E-state index contributed by atoms with van der Waals surface area (Å²) >= 11 is 0. The maximum absolute atomic E-state index is 11.3. The SMILES string of the molecule is C#CCNC(=O)c1cc(C)n(C)n1. The number of carbonyl (C=O) groups is 1. The monoisotopic (exact) mass is 177 g/mol. The molecule has 1 aromatic rings. The first kappa shape index (κ1) is 9.33. The highest BCUT2D eigenvalue weighted by Crippen LogP contribution is 2.00. The first-order valence-electron chi connectivity index (χ1n) is 3.87. The Labute approximate surface area is 76.9 Å². The maximum atomic E-state index is 11.3. The van der Waals surface area contributed by atoms with E-state index in [-0.39, 0.29) is 12.5 Å². The molecule has 13 heavy (non-hydrogen) atoms. The summed E-state index contributed by atoms with van der Waals surface area (Å²) in [6.45, 7) is 2.11. The minimum Gasteiger partial charge on any atom is -0.340 e. The molecule has 0 saturated heterocycles. The molecule has 1 aromatic heterocycles. The summed E-state index contributed by atoms with van der Waals surface area (Å²) in [5.41, 5.74) is 1.33. The predicted octanol–water partition coefficient (Wildman–Crippen LogP) is 0.0915. The summed E-state index contributed by atoms with van der Waals surface area (Å²) < 4.78 is 1.64. The molecule has 0 atom stereocenters. The topological polar surface area (TPSA) is 46.9 Å². The molecule has 1 amide bonds. The lowest BCUT2D eigenvalue weighted by Gasteiger charge is -1.95. The fourth-order valence-electron chi connectivity index (χ4n) is 0.893. The molecule has 0 fully saturated rings. The van der Waals surface area contributed by atoms with E-state index in [1.54, 1.807) is 17.8 Å². The molecule has 1 rings (SSSR count). The van der Waals surface area contributed by atoms with Gasteiger partial charge in [-0.25, -0.2) is 0 Å². The van der Waals surface area contributed by atoms with Crippen LogP contribution in [-0.2, 0) is 7.05 Å². The lowest BCUT2D eigenvalue weighted by Crippen LogP contribution is -2.24. The number of hydrogen-bond donors (Lipinski definition) is 1. The number of aromatic nitrogens is 2. The van der Waals surface area contributed by atoms with E-state index in [9.17, 15) is 4.79 Å². The van der Waals surface area contributed by atoms with Crippen LogP contribution in [0.25, 0.3) is 0 Å². The van der Waals surface area contributed by atoms with E-state index in [1.165, 1.54) is 0 Å². The highest BCUT2D eigenvalue weighted by atomic mass is 16.1. The summed E-state index contributed by atoms with van der Waals surface area (Å²) in [6.07, 6.45) is 5.00. The zero-order valence-corrected chi connectivity index (χ0v) is 7.66. The van der Waals surface area contributed by atoms with E-state index in [1.807, 2.05) is 6.92 Å². The van der Waals surface area contributed by atoms with Gasteiger partial charge in [0.1, 0.15) is 5.69 Å². The summed E-state index contributed by atoms with van der Waals surface area (Å²) in [4.78, 5) is 11.3. The number of hydrogen-bond acceptors (Lipinski definition) is 2. The lowest BCUT2D eigenvalue weighted by molar-refractivity contribution is 0.0953. The van der Waals surface area contributed by atoms with E-state index < -0.39 is 0 Å². The Morgan fingerprint density at radius 3 is 3.00 bits per heavy atom. The molecule has 0 aliphatic heterocycles. The van der Waals surface area contributed by atoms with Crippen molar-refractivity contribution in [2.75, 3.05) is 6.54 Å². The Hall–Kier alpha value is -1.76. The molecule has 68 valence electrons. The van der Waals surface area contributed by atoms with E-state index in [0.29, 0.717) is 5.69 Å².